The van der Waals surface area contributed by atoms with Crippen molar-refractivity contribution in [1.29, 1.82) is 0 Å². The van der Waals surface area contributed by atoms with Gasteiger partial charge in [-0.05, 0) is 95.2 Å². The Balaban J connectivity index is 0.0000230. The number of unbranched alkanes of at least 4 members (excludes halogenated alkanes) is 20. The van der Waals surface area contributed by atoms with Gasteiger partial charge in [-0.25, -0.2) is 18.0 Å². The quantitative estimate of drug-likeness (QED) is 0.0248. The van der Waals surface area contributed by atoms with Gasteiger partial charge in [-0.2, -0.15) is 0 Å². The Morgan fingerprint density at radius 3 is 1.29 bits per heavy atom. The van der Waals surface area contributed by atoms with Gasteiger partial charge in [0.25, 0.3) is 0 Å². The van der Waals surface area contributed by atoms with Gasteiger partial charge in [-0.1, -0.05) is 115 Å². The molecule has 0 saturated carbocycles. The molecule has 0 spiro atoms. The van der Waals surface area contributed by atoms with Crippen molar-refractivity contribution >= 4 is 22.1 Å². The molecule has 0 radical (unpaired) electrons. The van der Waals surface area contributed by atoms with E-state index in [4.69, 9.17) is 9.47 Å². The number of rotatable bonds is 31. The van der Waals surface area contributed by atoms with Crippen molar-refractivity contribution in [3.63, 3.8) is 0 Å². The Labute approximate surface area is 342 Å². The Kier molecular flexibility index (Phi) is 32.5. The molecule has 0 atom stereocenters. The fourth-order valence-electron chi connectivity index (χ4n) is 5.50. The van der Waals surface area contributed by atoms with Crippen LogP contribution in [0.3, 0.4) is 0 Å². The SMILES string of the molecule is CCCCCCCCC/C=C/CCCCCOC(=O)c1ccc(S(=O)(=O)[O-])cc1C(=O)OCCCCC/C=C/CCCCCCCCC.[K+]. The van der Waals surface area contributed by atoms with Crippen LogP contribution in [-0.4, -0.2) is 38.1 Å². The van der Waals surface area contributed by atoms with E-state index < -0.39 is 27.0 Å². The second kappa shape index (κ2) is 33.1. The maximum atomic E-state index is 12.9. The first-order chi connectivity index (χ1) is 23.3. The van der Waals surface area contributed by atoms with E-state index in [1.807, 2.05) is 0 Å². The summed E-state index contributed by atoms with van der Waals surface area (Å²) in [6.45, 7) is 4.80. The summed E-state index contributed by atoms with van der Waals surface area (Å²) in [5.74, 6) is -1.58. The number of carbonyl (C=O) groups excluding carboxylic acids is 2. The molecule has 9 heteroatoms. The molecule has 0 aliphatic heterocycles. The zero-order chi connectivity index (χ0) is 35.1. The molecule has 274 valence electrons. The van der Waals surface area contributed by atoms with Crippen LogP contribution in [-0.2, 0) is 19.6 Å². The zero-order valence-electron chi connectivity index (χ0n) is 31.2. The minimum Gasteiger partial charge on any atom is -0.744 e. The average Bonchev–Trinajstić information content (AvgIpc) is 3.07. The van der Waals surface area contributed by atoms with Gasteiger partial charge in [0, 0.05) is 0 Å². The molecule has 0 amide bonds. The number of hydrogen-bond acceptors (Lipinski definition) is 7. The van der Waals surface area contributed by atoms with Crippen molar-refractivity contribution in [1.82, 2.24) is 0 Å². The van der Waals surface area contributed by atoms with E-state index in [9.17, 15) is 22.6 Å². The first kappa shape index (κ1) is 48.2. The van der Waals surface area contributed by atoms with E-state index >= 15 is 0 Å². The molecular formula is C40H65KO7S. The molecule has 0 heterocycles. The topological polar surface area (TPSA) is 110 Å². The zero-order valence-corrected chi connectivity index (χ0v) is 35.1. The smallest absolute Gasteiger partial charge is 0.744 e. The average molecular weight is 729 g/mol. The normalized spacial score (nSPS) is 11.7. The Bertz CT molecular complexity index is 1150. The second-order valence-electron chi connectivity index (χ2n) is 12.9. The molecule has 1 aromatic carbocycles. The predicted molar refractivity (Wildman–Crippen MR) is 195 cm³/mol. The van der Waals surface area contributed by atoms with Crippen molar-refractivity contribution in [3.8, 4) is 0 Å². The van der Waals surface area contributed by atoms with Crippen LogP contribution >= 0.6 is 0 Å². The summed E-state index contributed by atoms with van der Waals surface area (Å²) < 4.78 is 45.5. The summed E-state index contributed by atoms with van der Waals surface area (Å²) in [6.07, 6.45) is 36.6. The second-order valence-corrected chi connectivity index (χ2v) is 14.3. The third-order valence-corrected chi connectivity index (χ3v) is 9.33. The van der Waals surface area contributed by atoms with Gasteiger partial charge in [-0.15, -0.1) is 0 Å². The molecule has 0 unspecified atom stereocenters. The van der Waals surface area contributed by atoms with E-state index in [0.717, 1.165) is 69.6 Å². The maximum absolute atomic E-state index is 12.9. The summed E-state index contributed by atoms with van der Waals surface area (Å²) in [6, 6.07) is 3.09. The van der Waals surface area contributed by atoms with E-state index in [-0.39, 0.29) is 75.7 Å². The Hall–Kier alpha value is -0.814. The van der Waals surface area contributed by atoms with Crippen LogP contribution in [0.4, 0.5) is 0 Å². The van der Waals surface area contributed by atoms with Crippen molar-refractivity contribution in [2.24, 2.45) is 0 Å². The molecule has 0 bridgehead atoms. The van der Waals surface area contributed by atoms with Crippen LogP contribution in [0.1, 0.15) is 189 Å². The van der Waals surface area contributed by atoms with Crippen LogP contribution in [0.15, 0.2) is 47.4 Å². The van der Waals surface area contributed by atoms with E-state index in [2.05, 4.69) is 38.2 Å². The number of benzene rings is 1. The molecule has 0 fully saturated rings. The van der Waals surface area contributed by atoms with Gasteiger partial charge in [0.15, 0.2) is 0 Å². The number of ether oxygens (including phenoxy) is 2. The van der Waals surface area contributed by atoms with Gasteiger partial charge in [0.1, 0.15) is 10.1 Å². The first-order valence-electron chi connectivity index (χ1n) is 19.0. The van der Waals surface area contributed by atoms with Gasteiger partial charge in [0.2, 0.25) is 0 Å². The number of allylic oxidation sites excluding steroid dienone is 4. The molecule has 0 saturated heterocycles. The monoisotopic (exact) mass is 728 g/mol. The van der Waals surface area contributed by atoms with Crippen LogP contribution in [0.25, 0.3) is 0 Å². The van der Waals surface area contributed by atoms with Gasteiger partial charge >= 0.3 is 63.3 Å². The summed E-state index contributed by atoms with van der Waals surface area (Å²) in [5.41, 5.74) is -0.372. The van der Waals surface area contributed by atoms with Crippen LogP contribution in [0.5, 0.6) is 0 Å². The minimum absolute atomic E-state index is 0. The Morgan fingerprint density at radius 1 is 0.551 bits per heavy atom. The van der Waals surface area contributed by atoms with Crippen molar-refractivity contribution < 1.29 is 83.4 Å². The largest absolute Gasteiger partial charge is 1.00 e. The van der Waals surface area contributed by atoms with Crippen LogP contribution in [0.2, 0.25) is 0 Å². The molecule has 7 nitrogen and oxygen atoms in total. The van der Waals surface area contributed by atoms with Crippen molar-refractivity contribution in [2.75, 3.05) is 13.2 Å². The minimum atomic E-state index is -4.82. The molecular weight excluding hydrogens is 664 g/mol. The summed E-state index contributed by atoms with van der Waals surface area (Å²) >= 11 is 0. The fraction of sp³-hybridized carbons (Fsp3) is 0.700. The number of esters is 2. The van der Waals surface area contributed by atoms with E-state index in [1.54, 1.807) is 0 Å². The van der Waals surface area contributed by atoms with Gasteiger partial charge < -0.3 is 14.0 Å². The van der Waals surface area contributed by atoms with Gasteiger partial charge in [0.05, 0.1) is 29.2 Å². The third-order valence-electron chi connectivity index (χ3n) is 8.50. The number of hydrogen-bond donors (Lipinski definition) is 0. The van der Waals surface area contributed by atoms with Crippen LogP contribution < -0.4 is 51.4 Å². The summed E-state index contributed by atoms with van der Waals surface area (Å²) in [4.78, 5) is 25.1. The fourth-order valence-corrected chi connectivity index (χ4v) is 6.00. The van der Waals surface area contributed by atoms with Crippen molar-refractivity contribution in [2.45, 2.75) is 173 Å². The van der Waals surface area contributed by atoms with E-state index in [1.165, 1.54) is 89.9 Å². The molecule has 0 aliphatic carbocycles. The molecule has 49 heavy (non-hydrogen) atoms. The van der Waals surface area contributed by atoms with Gasteiger partial charge in [-0.3, -0.25) is 0 Å². The molecule has 0 N–H and O–H groups in total. The summed E-state index contributed by atoms with van der Waals surface area (Å²) in [7, 11) is -4.82. The molecule has 1 aromatic rings. The van der Waals surface area contributed by atoms with Crippen molar-refractivity contribution in [3.05, 3.63) is 53.6 Å². The third kappa shape index (κ3) is 26.6. The molecule has 0 aliphatic rings. The Morgan fingerprint density at radius 2 is 0.898 bits per heavy atom. The predicted octanol–water partition coefficient (Wildman–Crippen LogP) is 8.42. The standard InChI is InChI=1S/C40H66O7S.K/c1-3-5-7-9-11-13-15-17-19-21-23-25-27-29-33-46-39(41)37-32-31-36(48(43,44)45)35-38(37)40(42)47-34-30-28-26-24-22-20-18-16-14-12-10-8-6-4-2;/h19-22,31-32,35H,3-18,23-30,33-34H2,1-2H3,(H,43,44,45);/q;+1/p-1/b21-19+,22-20+;. The van der Waals surface area contributed by atoms with Crippen LogP contribution in [0, 0.1) is 0 Å². The first-order valence-corrected chi connectivity index (χ1v) is 20.5. The molecule has 1 rings (SSSR count). The molecule has 0 aromatic heterocycles. The summed E-state index contributed by atoms with van der Waals surface area (Å²) in [5, 5.41) is 0. The van der Waals surface area contributed by atoms with E-state index in [0.29, 0.717) is 12.8 Å². The number of carbonyl (C=O) groups is 2. The maximum Gasteiger partial charge on any atom is 1.00 e.